The van der Waals surface area contributed by atoms with Gasteiger partial charge in [0.1, 0.15) is 0 Å². The number of nitrogens with two attached hydrogens (primary N) is 4. The van der Waals surface area contributed by atoms with Crippen LogP contribution in [0.4, 0.5) is 22.7 Å². The van der Waals surface area contributed by atoms with Crippen LogP contribution in [0.1, 0.15) is 15.9 Å². The van der Waals surface area contributed by atoms with Gasteiger partial charge in [-0.2, -0.15) is 0 Å². The van der Waals surface area contributed by atoms with E-state index in [1.165, 1.54) is 0 Å². The molecule has 0 atom stereocenters. The number of thiol groups is 1. The largest absolute Gasteiger partial charge is 0.397 e. The third kappa shape index (κ3) is 3.58. The van der Waals surface area contributed by atoms with Crippen LogP contribution < -0.4 is 22.9 Å². The summed E-state index contributed by atoms with van der Waals surface area (Å²) in [4.78, 5) is 14.1. The van der Waals surface area contributed by atoms with Gasteiger partial charge in [0.15, 0.2) is 5.78 Å². The van der Waals surface area contributed by atoms with Crippen LogP contribution in [0.5, 0.6) is 0 Å². The van der Waals surface area contributed by atoms with Gasteiger partial charge in [-0.1, -0.05) is 60.7 Å². The molecule has 0 fully saturated rings. The molecule has 0 amide bonds. The summed E-state index contributed by atoms with van der Waals surface area (Å²) in [5.74, 6) is -0.264. The van der Waals surface area contributed by atoms with E-state index in [9.17, 15) is 4.79 Å². The summed E-state index contributed by atoms with van der Waals surface area (Å²) in [6.45, 7) is 0. The molecule has 0 bridgehead atoms. The molecule has 0 aliphatic heterocycles. The smallest absolute Gasteiger partial charge is 0.194 e. The van der Waals surface area contributed by atoms with E-state index in [4.69, 9.17) is 22.9 Å². The van der Waals surface area contributed by atoms with E-state index in [1.54, 1.807) is 18.2 Å². The van der Waals surface area contributed by atoms with Crippen LogP contribution in [-0.4, -0.2) is 5.78 Å². The minimum absolute atomic E-state index is 0.258. The highest BCUT2D eigenvalue weighted by Crippen LogP contribution is 2.46. The average molecular weight is 427 g/mol. The first-order valence-electron chi connectivity index (χ1n) is 9.64. The lowest BCUT2D eigenvalue weighted by molar-refractivity contribution is 0.103. The summed E-state index contributed by atoms with van der Waals surface area (Å²) in [5.41, 5.74) is 29.8. The molecule has 0 radical (unpaired) electrons. The predicted octanol–water partition coefficient (Wildman–Crippen LogP) is 4.87. The third-order valence-electron chi connectivity index (χ3n) is 5.25. The van der Waals surface area contributed by atoms with Crippen molar-refractivity contribution in [1.29, 1.82) is 0 Å². The number of hydrogen-bond donors (Lipinski definition) is 5. The SMILES string of the molecule is Nc1ccc(C(=O)c2c(S)c(N)c(N)c(-c3ccccc3)c2-c2ccccc2)cc1N. The highest BCUT2D eigenvalue weighted by atomic mass is 32.1. The fraction of sp³-hybridized carbons (Fsp3) is 0. The number of anilines is 4. The van der Waals surface area contributed by atoms with Crippen molar-refractivity contribution in [1.82, 2.24) is 0 Å². The first kappa shape index (κ1) is 20.4. The van der Waals surface area contributed by atoms with E-state index in [1.807, 2.05) is 60.7 Å². The van der Waals surface area contributed by atoms with Gasteiger partial charge in [0.25, 0.3) is 0 Å². The number of hydrogen-bond acceptors (Lipinski definition) is 6. The van der Waals surface area contributed by atoms with Gasteiger partial charge in [0, 0.05) is 27.1 Å². The van der Waals surface area contributed by atoms with Gasteiger partial charge in [0.05, 0.1) is 22.7 Å². The zero-order chi connectivity index (χ0) is 22.1. The number of carbonyl (C=O) groups is 1. The Morgan fingerprint density at radius 1 is 0.645 bits per heavy atom. The molecule has 4 aromatic carbocycles. The molecule has 4 aromatic rings. The Kier molecular flexibility index (Phi) is 5.31. The van der Waals surface area contributed by atoms with Crippen molar-refractivity contribution in [3.8, 4) is 22.3 Å². The molecular formula is C25H22N4OS. The van der Waals surface area contributed by atoms with Crippen molar-refractivity contribution in [3.05, 3.63) is 90.0 Å². The number of benzene rings is 4. The van der Waals surface area contributed by atoms with Crippen molar-refractivity contribution in [3.63, 3.8) is 0 Å². The summed E-state index contributed by atoms with van der Waals surface area (Å²) in [7, 11) is 0. The van der Waals surface area contributed by atoms with Crippen LogP contribution in [0.15, 0.2) is 83.8 Å². The molecule has 154 valence electrons. The van der Waals surface area contributed by atoms with E-state index in [2.05, 4.69) is 12.6 Å². The molecule has 0 spiro atoms. The number of carbonyl (C=O) groups excluding carboxylic acids is 1. The van der Waals surface area contributed by atoms with Crippen LogP contribution >= 0.6 is 12.6 Å². The molecule has 6 heteroatoms. The van der Waals surface area contributed by atoms with Crippen molar-refractivity contribution >= 4 is 41.2 Å². The van der Waals surface area contributed by atoms with Crippen molar-refractivity contribution in [2.75, 3.05) is 22.9 Å². The lowest BCUT2D eigenvalue weighted by Crippen LogP contribution is -2.11. The van der Waals surface area contributed by atoms with Crippen LogP contribution in [0.2, 0.25) is 0 Å². The second kappa shape index (κ2) is 8.08. The highest BCUT2D eigenvalue weighted by Gasteiger charge is 2.26. The van der Waals surface area contributed by atoms with Gasteiger partial charge >= 0.3 is 0 Å². The first-order valence-corrected chi connectivity index (χ1v) is 10.1. The maximum atomic E-state index is 13.7. The molecule has 0 saturated heterocycles. The van der Waals surface area contributed by atoms with Gasteiger partial charge in [-0.15, -0.1) is 12.6 Å². The Morgan fingerprint density at radius 2 is 1.19 bits per heavy atom. The molecule has 31 heavy (non-hydrogen) atoms. The van der Waals surface area contributed by atoms with Crippen LogP contribution in [0.25, 0.3) is 22.3 Å². The number of ketones is 1. The normalized spacial score (nSPS) is 10.7. The quantitative estimate of drug-likeness (QED) is 0.181. The van der Waals surface area contributed by atoms with Gasteiger partial charge in [-0.25, -0.2) is 0 Å². The summed E-state index contributed by atoms with van der Waals surface area (Å²) in [6, 6.07) is 24.0. The van der Waals surface area contributed by atoms with Gasteiger partial charge in [-0.05, 0) is 29.3 Å². The Bertz CT molecular complexity index is 1290. The lowest BCUT2D eigenvalue weighted by Gasteiger charge is -2.22. The molecule has 0 aliphatic carbocycles. The minimum Gasteiger partial charge on any atom is -0.397 e. The van der Waals surface area contributed by atoms with Gasteiger partial charge in [-0.3, -0.25) is 4.79 Å². The molecule has 5 nitrogen and oxygen atoms in total. The Labute approximate surface area is 186 Å². The van der Waals surface area contributed by atoms with Gasteiger partial charge in [0.2, 0.25) is 0 Å². The van der Waals surface area contributed by atoms with Crippen LogP contribution in [0, 0.1) is 0 Å². The molecule has 0 aliphatic rings. The maximum absolute atomic E-state index is 13.7. The monoisotopic (exact) mass is 426 g/mol. The molecule has 0 unspecified atom stereocenters. The lowest BCUT2D eigenvalue weighted by atomic mass is 9.85. The van der Waals surface area contributed by atoms with Crippen LogP contribution in [0.3, 0.4) is 0 Å². The Morgan fingerprint density at radius 3 is 1.74 bits per heavy atom. The van der Waals surface area contributed by atoms with E-state index >= 15 is 0 Å². The number of rotatable bonds is 4. The van der Waals surface area contributed by atoms with Gasteiger partial charge < -0.3 is 22.9 Å². The fourth-order valence-corrected chi connectivity index (χ4v) is 3.99. The third-order valence-corrected chi connectivity index (χ3v) is 5.72. The fourth-order valence-electron chi connectivity index (χ4n) is 3.65. The maximum Gasteiger partial charge on any atom is 0.194 e. The average Bonchev–Trinajstić information content (AvgIpc) is 2.80. The standard InChI is InChI=1S/C25H22N4OS/c26-17-12-11-16(13-18(17)27)24(30)21-19(14-7-3-1-4-8-14)20(15-9-5-2-6-10-15)22(28)23(29)25(21)31/h1-13,31H,26-29H2. The zero-order valence-electron chi connectivity index (χ0n) is 16.7. The van der Waals surface area contributed by atoms with Crippen LogP contribution in [-0.2, 0) is 0 Å². The summed E-state index contributed by atoms with van der Waals surface area (Å²) < 4.78 is 0. The highest BCUT2D eigenvalue weighted by molar-refractivity contribution is 7.80. The summed E-state index contributed by atoms with van der Waals surface area (Å²) in [5, 5.41) is 0. The zero-order valence-corrected chi connectivity index (χ0v) is 17.6. The molecule has 0 saturated carbocycles. The topological polar surface area (TPSA) is 121 Å². The summed E-state index contributed by atoms with van der Waals surface area (Å²) in [6.07, 6.45) is 0. The first-order chi connectivity index (χ1) is 14.9. The predicted molar refractivity (Wildman–Crippen MR) is 132 cm³/mol. The van der Waals surface area contributed by atoms with Crippen molar-refractivity contribution in [2.45, 2.75) is 4.90 Å². The molecular weight excluding hydrogens is 404 g/mol. The second-order valence-corrected chi connectivity index (χ2v) is 7.65. The Balaban J connectivity index is 2.10. The van der Waals surface area contributed by atoms with E-state index in [-0.39, 0.29) is 11.5 Å². The Hall–Kier alpha value is -3.90. The van der Waals surface area contributed by atoms with E-state index < -0.39 is 0 Å². The van der Waals surface area contributed by atoms with E-state index in [0.717, 1.165) is 11.1 Å². The van der Waals surface area contributed by atoms with E-state index in [0.29, 0.717) is 44.2 Å². The van der Waals surface area contributed by atoms with Crippen molar-refractivity contribution in [2.24, 2.45) is 0 Å². The molecule has 4 rings (SSSR count). The molecule has 0 heterocycles. The minimum atomic E-state index is -0.264. The molecule has 0 aromatic heterocycles. The number of nitrogen functional groups attached to an aromatic ring is 4. The second-order valence-electron chi connectivity index (χ2n) is 7.21. The van der Waals surface area contributed by atoms with Crippen molar-refractivity contribution < 1.29 is 4.79 Å². The molecule has 8 N–H and O–H groups in total. The summed E-state index contributed by atoms with van der Waals surface area (Å²) >= 11 is 4.61.